The van der Waals surface area contributed by atoms with Gasteiger partial charge in [-0.2, -0.15) is 0 Å². The van der Waals surface area contributed by atoms with Gasteiger partial charge in [0.1, 0.15) is 12.4 Å². The highest BCUT2D eigenvalue weighted by Gasteiger charge is 2.38. The van der Waals surface area contributed by atoms with Crippen molar-refractivity contribution >= 4 is 35.4 Å². The molecule has 0 aromatic heterocycles. The normalized spacial score (nSPS) is 15.8. The maximum atomic E-state index is 12.8. The molecule has 11 nitrogen and oxygen atoms in total. The average Bonchev–Trinajstić information content (AvgIpc) is 2.68. The molecule has 0 aromatic carbocycles. The fourth-order valence-electron chi connectivity index (χ4n) is 2.68. The molecule has 0 aliphatic carbocycles. The van der Waals surface area contributed by atoms with Crippen LogP contribution in [0.25, 0.3) is 0 Å². The number of hydrogen-bond donors (Lipinski definition) is 0. The van der Waals surface area contributed by atoms with Crippen LogP contribution in [0.5, 0.6) is 0 Å². The van der Waals surface area contributed by atoms with Crippen molar-refractivity contribution < 1.29 is 52.5 Å². The fourth-order valence-corrected chi connectivity index (χ4v) is 2.68. The molecular weight excluding hydrogens is 440 g/mol. The molecule has 1 aliphatic heterocycles. The summed E-state index contributed by atoms with van der Waals surface area (Å²) in [5.74, 6) is -8.24. The number of carbonyl (C=O) groups is 6. The predicted octanol–water partition coefficient (Wildman–Crippen LogP) is 1.33. The average molecular weight is 468 g/mol. The minimum atomic E-state index is -1.89. The van der Waals surface area contributed by atoms with Gasteiger partial charge in [-0.1, -0.05) is 5.57 Å². The molecule has 33 heavy (non-hydrogen) atoms. The summed E-state index contributed by atoms with van der Waals surface area (Å²) in [4.78, 5) is 71.6. The third-order valence-electron chi connectivity index (χ3n) is 4.26. The lowest BCUT2D eigenvalue weighted by Crippen LogP contribution is -2.38. The lowest BCUT2D eigenvalue weighted by atomic mass is 9.96. The lowest BCUT2D eigenvalue weighted by molar-refractivity contribution is -0.205. The van der Waals surface area contributed by atoms with Crippen LogP contribution < -0.4 is 0 Å². The number of hydrogen-bond acceptors (Lipinski definition) is 11. The van der Waals surface area contributed by atoms with Crippen molar-refractivity contribution in [3.63, 3.8) is 0 Å². The number of methoxy groups -OCH3 is 1. The first-order valence-corrected chi connectivity index (χ1v) is 10.0. The van der Waals surface area contributed by atoms with Crippen LogP contribution in [-0.2, 0) is 52.5 Å². The van der Waals surface area contributed by atoms with Crippen molar-refractivity contribution in [1.82, 2.24) is 0 Å². The van der Waals surface area contributed by atoms with Crippen LogP contribution in [-0.4, -0.2) is 61.6 Å². The van der Waals surface area contributed by atoms with Crippen molar-refractivity contribution in [1.29, 1.82) is 0 Å². The molecule has 1 aliphatic rings. The molecule has 1 atom stereocenters. The summed E-state index contributed by atoms with van der Waals surface area (Å²) in [7, 11) is 1.27. The van der Waals surface area contributed by atoms with E-state index >= 15 is 0 Å². The van der Waals surface area contributed by atoms with Crippen molar-refractivity contribution in [2.24, 2.45) is 5.92 Å². The predicted molar refractivity (Wildman–Crippen MR) is 110 cm³/mol. The van der Waals surface area contributed by atoms with Crippen molar-refractivity contribution in [3.05, 3.63) is 23.5 Å². The molecule has 0 bridgehead atoms. The Morgan fingerprint density at radius 2 is 1.70 bits per heavy atom. The molecule has 0 spiro atoms. The maximum absolute atomic E-state index is 12.8. The van der Waals surface area contributed by atoms with Crippen molar-refractivity contribution in [2.75, 3.05) is 20.3 Å². The lowest BCUT2D eigenvalue weighted by Gasteiger charge is -2.30. The van der Waals surface area contributed by atoms with E-state index in [2.05, 4.69) is 9.47 Å². The Bertz CT molecular complexity index is 864. The fraction of sp³-hybridized carbons (Fsp3) is 0.545. The molecule has 0 radical (unpaired) electrons. The first-order valence-electron chi connectivity index (χ1n) is 10.0. The van der Waals surface area contributed by atoms with Gasteiger partial charge < -0.3 is 23.7 Å². The highest BCUT2D eigenvalue weighted by molar-refractivity contribution is 6.18. The zero-order chi connectivity index (χ0) is 25.2. The minimum Gasteiger partial charge on any atom is -0.469 e. The van der Waals surface area contributed by atoms with E-state index in [-0.39, 0.29) is 18.8 Å². The number of carbonyl (C=O) groups excluding carboxylic acids is 6. The standard InChI is InChI=1S/C22H28O11/c1-13(6-7-18(26)29-5)8-9-30-21(28)20(17(25)12-31-14(2)23)16(24)10-15-11-19(27)33-22(3,4)32-15/h8,11,20H,6-7,9-10,12H2,1-5H3/b13-8-. The van der Waals surface area contributed by atoms with Gasteiger partial charge in [0.2, 0.25) is 5.79 Å². The molecule has 0 amide bonds. The zero-order valence-corrected chi connectivity index (χ0v) is 19.3. The molecule has 1 unspecified atom stereocenters. The first-order chi connectivity index (χ1) is 15.3. The highest BCUT2D eigenvalue weighted by Crippen LogP contribution is 2.25. The van der Waals surface area contributed by atoms with Gasteiger partial charge in [-0.25, -0.2) is 4.79 Å². The van der Waals surface area contributed by atoms with E-state index in [9.17, 15) is 28.8 Å². The van der Waals surface area contributed by atoms with Gasteiger partial charge in [-0.3, -0.25) is 24.0 Å². The molecule has 11 heteroatoms. The summed E-state index contributed by atoms with van der Waals surface area (Å²) in [6.45, 7) is 4.62. The molecule has 1 heterocycles. The maximum Gasteiger partial charge on any atom is 0.337 e. The van der Waals surface area contributed by atoms with E-state index in [0.29, 0.717) is 6.42 Å². The van der Waals surface area contributed by atoms with E-state index in [4.69, 9.17) is 14.2 Å². The molecular formula is C22H28O11. The van der Waals surface area contributed by atoms with Crippen LogP contribution in [0.4, 0.5) is 0 Å². The molecule has 0 fully saturated rings. The molecule has 0 saturated heterocycles. The van der Waals surface area contributed by atoms with Gasteiger partial charge in [0.05, 0.1) is 19.6 Å². The Morgan fingerprint density at radius 3 is 2.27 bits per heavy atom. The monoisotopic (exact) mass is 468 g/mol. The summed E-state index contributed by atoms with van der Waals surface area (Å²) in [6, 6.07) is 0. The zero-order valence-electron chi connectivity index (χ0n) is 19.3. The van der Waals surface area contributed by atoms with Gasteiger partial charge in [0, 0.05) is 27.2 Å². The van der Waals surface area contributed by atoms with Gasteiger partial charge in [-0.05, 0) is 19.4 Å². The van der Waals surface area contributed by atoms with Gasteiger partial charge in [0.15, 0.2) is 24.1 Å². The van der Waals surface area contributed by atoms with Crippen LogP contribution in [0, 0.1) is 5.92 Å². The number of rotatable bonds is 12. The summed E-state index contributed by atoms with van der Waals surface area (Å²) in [6.07, 6.45) is 2.41. The first kappa shape index (κ1) is 27.5. The van der Waals surface area contributed by atoms with Gasteiger partial charge in [0.25, 0.3) is 0 Å². The molecule has 182 valence electrons. The smallest absolute Gasteiger partial charge is 0.337 e. The third-order valence-corrected chi connectivity index (χ3v) is 4.26. The number of ether oxygens (including phenoxy) is 5. The second-order valence-corrected chi connectivity index (χ2v) is 7.61. The Balaban J connectivity index is 2.88. The largest absolute Gasteiger partial charge is 0.469 e. The number of esters is 4. The van der Waals surface area contributed by atoms with Crippen LogP contribution in [0.2, 0.25) is 0 Å². The van der Waals surface area contributed by atoms with E-state index in [0.717, 1.165) is 18.6 Å². The Labute approximate surface area is 191 Å². The molecule has 0 N–H and O–H groups in total. The van der Waals surface area contributed by atoms with Crippen LogP contribution >= 0.6 is 0 Å². The summed E-state index contributed by atoms with van der Waals surface area (Å²) in [5.41, 5.74) is 0.726. The second kappa shape index (κ2) is 12.5. The van der Waals surface area contributed by atoms with Crippen LogP contribution in [0.1, 0.15) is 47.0 Å². The minimum absolute atomic E-state index is 0.0853. The number of Topliss-reactive ketones (excluding diaryl/α,β-unsaturated/α-hetero) is 2. The van der Waals surface area contributed by atoms with E-state index < -0.39 is 60.2 Å². The molecule has 1 rings (SSSR count). The third kappa shape index (κ3) is 10.1. The Hall–Kier alpha value is -3.50. The molecule has 0 aromatic rings. The SMILES string of the molecule is COC(=O)CC/C(C)=C\COC(=O)C(C(=O)COC(C)=O)C(=O)CC1=CC(=O)OC(C)(C)O1. The van der Waals surface area contributed by atoms with Gasteiger partial charge in [-0.15, -0.1) is 0 Å². The quantitative estimate of drug-likeness (QED) is 0.177. The van der Waals surface area contributed by atoms with Crippen molar-refractivity contribution in [2.45, 2.75) is 52.7 Å². The number of allylic oxidation sites excluding steroid dienone is 2. The van der Waals surface area contributed by atoms with Crippen molar-refractivity contribution in [3.8, 4) is 0 Å². The van der Waals surface area contributed by atoms with E-state index in [1.165, 1.54) is 27.0 Å². The Morgan fingerprint density at radius 1 is 1.03 bits per heavy atom. The van der Waals surface area contributed by atoms with Gasteiger partial charge >= 0.3 is 23.9 Å². The van der Waals surface area contributed by atoms with E-state index in [1.54, 1.807) is 6.92 Å². The summed E-state index contributed by atoms with van der Waals surface area (Å²) >= 11 is 0. The highest BCUT2D eigenvalue weighted by atomic mass is 16.7. The number of cyclic esters (lactones) is 1. The Kier molecular flexibility index (Phi) is 10.4. The summed E-state index contributed by atoms with van der Waals surface area (Å²) in [5, 5.41) is 0. The topological polar surface area (TPSA) is 149 Å². The van der Waals surface area contributed by atoms with Crippen LogP contribution in [0.3, 0.4) is 0 Å². The molecule has 0 saturated carbocycles. The van der Waals surface area contributed by atoms with E-state index in [1.807, 2.05) is 0 Å². The second-order valence-electron chi connectivity index (χ2n) is 7.61. The number of ketones is 2. The summed E-state index contributed by atoms with van der Waals surface area (Å²) < 4.78 is 24.5. The van der Waals surface area contributed by atoms with Crippen LogP contribution in [0.15, 0.2) is 23.5 Å².